The summed E-state index contributed by atoms with van der Waals surface area (Å²) >= 11 is 0. The second kappa shape index (κ2) is 9.09. The van der Waals surface area contributed by atoms with Crippen molar-refractivity contribution in [2.45, 2.75) is 6.29 Å². The lowest BCUT2D eigenvalue weighted by molar-refractivity contribution is -0.904. The molecule has 0 spiro atoms. The molecule has 3 nitrogen and oxygen atoms in total. The maximum Gasteiger partial charge on any atom is 0.207 e. The van der Waals surface area contributed by atoms with Gasteiger partial charge in [0.1, 0.15) is 6.54 Å². The number of ether oxygens (including phenoxy) is 2. The van der Waals surface area contributed by atoms with Crippen molar-refractivity contribution in [2.75, 3.05) is 40.9 Å². The lowest BCUT2D eigenvalue weighted by Gasteiger charge is -2.34. The summed E-state index contributed by atoms with van der Waals surface area (Å²) < 4.78 is 11.2. The smallest absolute Gasteiger partial charge is 0.207 e. The average molecular weight is 280 g/mol. The summed E-state index contributed by atoms with van der Waals surface area (Å²) in [6, 6.07) is 0. The van der Waals surface area contributed by atoms with Gasteiger partial charge in [-0.3, -0.25) is 0 Å². The van der Waals surface area contributed by atoms with Crippen LogP contribution in [0.5, 0.6) is 0 Å². The van der Waals surface area contributed by atoms with E-state index in [1.165, 1.54) is 0 Å². The first kappa shape index (κ1) is 17.2. The predicted molar refractivity (Wildman–Crippen MR) is 59.0 cm³/mol. The Bertz CT molecular complexity index is 171. The maximum atomic E-state index is 5.18. The van der Waals surface area contributed by atoms with E-state index in [0.717, 1.165) is 24.1 Å². The van der Waals surface area contributed by atoms with Crippen LogP contribution in [0.2, 0.25) is 0 Å². The summed E-state index contributed by atoms with van der Waals surface area (Å²) in [6.07, 6.45) is 3.65. The SMILES string of the molecule is C=CC[N+](C)(CC=C)CC(OC)OC.[Br-]. The summed E-state index contributed by atoms with van der Waals surface area (Å²) in [5, 5.41) is 0. The number of methoxy groups -OCH3 is 2. The number of rotatable bonds is 8. The molecule has 4 heteroatoms. The Kier molecular flexibility index (Phi) is 10.5. The van der Waals surface area contributed by atoms with E-state index in [-0.39, 0.29) is 23.3 Å². The van der Waals surface area contributed by atoms with Gasteiger partial charge in [0.25, 0.3) is 0 Å². The summed E-state index contributed by atoms with van der Waals surface area (Å²) in [4.78, 5) is 0. The zero-order valence-electron chi connectivity index (χ0n) is 9.91. The predicted octanol–water partition coefficient (Wildman–Crippen LogP) is -1.57. The Hall–Kier alpha value is -0.160. The molecular weight excluding hydrogens is 258 g/mol. The molecule has 0 amide bonds. The molecule has 0 aliphatic carbocycles. The fourth-order valence-corrected chi connectivity index (χ4v) is 1.45. The molecule has 90 valence electrons. The molecule has 0 atom stereocenters. The highest BCUT2D eigenvalue weighted by Gasteiger charge is 2.23. The summed E-state index contributed by atoms with van der Waals surface area (Å²) in [7, 11) is 5.44. The molecule has 0 unspecified atom stereocenters. The molecule has 0 fully saturated rings. The van der Waals surface area contributed by atoms with Crippen LogP contribution in [-0.2, 0) is 9.47 Å². The minimum absolute atomic E-state index is 0. The van der Waals surface area contributed by atoms with E-state index in [1.807, 2.05) is 12.2 Å². The van der Waals surface area contributed by atoms with Crippen LogP contribution in [0, 0.1) is 0 Å². The zero-order valence-corrected chi connectivity index (χ0v) is 11.5. The van der Waals surface area contributed by atoms with Crippen molar-refractivity contribution in [3.63, 3.8) is 0 Å². The van der Waals surface area contributed by atoms with Crippen LogP contribution in [0.1, 0.15) is 0 Å². The van der Waals surface area contributed by atoms with Crippen LogP contribution in [-0.4, -0.2) is 51.7 Å². The van der Waals surface area contributed by atoms with Gasteiger partial charge in [-0.25, -0.2) is 0 Å². The van der Waals surface area contributed by atoms with Gasteiger partial charge in [0.05, 0.1) is 20.1 Å². The van der Waals surface area contributed by atoms with Gasteiger partial charge in [-0.2, -0.15) is 0 Å². The highest BCUT2D eigenvalue weighted by molar-refractivity contribution is 4.71. The van der Waals surface area contributed by atoms with Gasteiger partial charge in [0.2, 0.25) is 6.29 Å². The second-order valence-electron chi connectivity index (χ2n) is 3.65. The Morgan fingerprint density at radius 2 is 1.53 bits per heavy atom. The van der Waals surface area contributed by atoms with Crippen molar-refractivity contribution in [3.05, 3.63) is 25.3 Å². The van der Waals surface area contributed by atoms with E-state index in [9.17, 15) is 0 Å². The van der Waals surface area contributed by atoms with E-state index in [2.05, 4.69) is 20.2 Å². The van der Waals surface area contributed by atoms with Crippen LogP contribution >= 0.6 is 0 Å². The van der Waals surface area contributed by atoms with Gasteiger partial charge in [0, 0.05) is 14.2 Å². The fraction of sp³-hybridized carbons (Fsp3) is 0.636. The third-order valence-electron chi connectivity index (χ3n) is 2.26. The molecule has 0 saturated heterocycles. The van der Waals surface area contributed by atoms with Crippen LogP contribution in [0.25, 0.3) is 0 Å². The van der Waals surface area contributed by atoms with Crippen LogP contribution in [0.15, 0.2) is 25.3 Å². The van der Waals surface area contributed by atoms with Gasteiger partial charge in [-0.15, -0.1) is 0 Å². The minimum Gasteiger partial charge on any atom is -1.00 e. The van der Waals surface area contributed by atoms with Gasteiger partial charge in [-0.05, 0) is 12.2 Å². The molecular formula is C11H22BrNO2. The number of hydrogen-bond donors (Lipinski definition) is 0. The zero-order chi connectivity index (χ0) is 11.0. The van der Waals surface area contributed by atoms with Crippen molar-refractivity contribution in [1.29, 1.82) is 0 Å². The van der Waals surface area contributed by atoms with Crippen LogP contribution in [0.3, 0.4) is 0 Å². The Morgan fingerprint density at radius 1 is 1.13 bits per heavy atom. The van der Waals surface area contributed by atoms with E-state index >= 15 is 0 Å². The number of halogens is 1. The number of hydrogen-bond acceptors (Lipinski definition) is 2. The third kappa shape index (κ3) is 6.84. The van der Waals surface area contributed by atoms with Crippen molar-refractivity contribution in [3.8, 4) is 0 Å². The molecule has 0 aliphatic rings. The highest BCUT2D eigenvalue weighted by Crippen LogP contribution is 2.07. The minimum atomic E-state index is -0.167. The maximum absolute atomic E-state index is 5.18. The molecule has 0 aromatic heterocycles. The standard InChI is InChI=1S/C11H22NO2.BrH/c1-6-8-12(3,9-7-2)10-11(13-4)14-5;/h6-7,11H,1-2,8-10H2,3-5H3;1H/q+1;/p-1. The lowest BCUT2D eigenvalue weighted by atomic mass is 10.3. The molecule has 0 rings (SSSR count). The van der Waals surface area contributed by atoms with E-state index in [4.69, 9.17) is 9.47 Å². The second-order valence-corrected chi connectivity index (χ2v) is 3.65. The lowest BCUT2D eigenvalue weighted by Crippen LogP contribution is -3.00. The molecule has 0 saturated carbocycles. The fourth-order valence-electron chi connectivity index (χ4n) is 1.45. The summed E-state index contributed by atoms with van der Waals surface area (Å²) in [5.41, 5.74) is 0. The molecule has 0 heterocycles. The van der Waals surface area contributed by atoms with Gasteiger partial charge in [-0.1, -0.05) is 13.2 Å². The molecule has 0 bridgehead atoms. The average Bonchev–Trinajstić information content (AvgIpc) is 2.15. The monoisotopic (exact) mass is 279 g/mol. The van der Waals surface area contributed by atoms with E-state index < -0.39 is 0 Å². The Balaban J connectivity index is 0. The van der Waals surface area contributed by atoms with Gasteiger partial charge >= 0.3 is 0 Å². The first-order valence-corrected chi connectivity index (χ1v) is 4.73. The quantitative estimate of drug-likeness (QED) is 0.304. The molecule has 0 aliphatic heterocycles. The number of nitrogens with zero attached hydrogens (tertiary/aromatic N) is 1. The number of quaternary nitrogens is 1. The van der Waals surface area contributed by atoms with Gasteiger partial charge in [0.15, 0.2) is 0 Å². The van der Waals surface area contributed by atoms with Crippen LogP contribution < -0.4 is 17.0 Å². The van der Waals surface area contributed by atoms with Crippen molar-refractivity contribution in [2.24, 2.45) is 0 Å². The third-order valence-corrected chi connectivity index (χ3v) is 2.26. The summed E-state index contributed by atoms with van der Waals surface area (Å²) in [6.45, 7) is 10.1. The van der Waals surface area contributed by atoms with E-state index in [0.29, 0.717) is 0 Å². The van der Waals surface area contributed by atoms with Crippen molar-refractivity contribution < 1.29 is 30.9 Å². The molecule has 0 radical (unpaired) electrons. The molecule has 0 N–H and O–H groups in total. The largest absolute Gasteiger partial charge is 1.00 e. The Morgan fingerprint density at radius 3 is 1.80 bits per heavy atom. The highest BCUT2D eigenvalue weighted by atomic mass is 79.9. The molecule has 0 aromatic carbocycles. The molecule has 15 heavy (non-hydrogen) atoms. The van der Waals surface area contributed by atoms with E-state index in [1.54, 1.807) is 14.2 Å². The number of likely N-dealkylation sites (N-methyl/N-ethyl adjacent to an activating group) is 1. The Labute approximate surface area is 104 Å². The normalized spacial score (nSPS) is 10.9. The first-order valence-electron chi connectivity index (χ1n) is 4.73. The topological polar surface area (TPSA) is 18.5 Å². The van der Waals surface area contributed by atoms with Crippen molar-refractivity contribution in [1.82, 2.24) is 0 Å². The first-order chi connectivity index (χ1) is 6.61. The molecule has 0 aromatic rings. The van der Waals surface area contributed by atoms with Crippen molar-refractivity contribution >= 4 is 0 Å². The van der Waals surface area contributed by atoms with Crippen LogP contribution in [0.4, 0.5) is 0 Å². The van der Waals surface area contributed by atoms with Gasteiger partial charge < -0.3 is 30.9 Å². The summed E-state index contributed by atoms with van der Waals surface area (Å²) in [5.74, 6) is 0.